The van der Waals surface area contributed by atoms with Gasteiger partial charge in [-0.05, 0) is 42.6 Å². The number of aliphatic hydroxyl groups is 2. The van der Waals surface area contributed by atoms with Crippen LogP contribution >= 0.6 is 0 Å². The molecule has 3 aliphatic heterocycles. The van der Waals surface area contributed by atoms with Crippen molar-refractivity contribution in [3.8, 4) is 0 Å². The number of aliphatic hydroxyl groups excluding tert-OH is 2. The Hall–Kier alpha value is -0.460. The topological polar surface area (TPSA) is 68.2 Å². The molecule has 162 valence electrons. The monoisotopic (exact) mass is 396 g/mol. The fraction of sp³-hybridized carbons (Fsp3) is 0.913. The highest BCUT2D eigenvalue weighted by Crippen LogP contribution is 2.42. The van der Waals surface area contributed by atoms with E-state index in [0.717, 1.165) is 25.7 Å². The number of rotatable bonds is 6. The molecule has 0 radical (unpaired) electrons. The van der Waals surface area contributed by atoms with E-state index in [0.29, 0.717) is 36.7 Å². The van der Waals surface area contributed by atoms with Gasteiger partial charge in [-0.15, -0.1) is 0 Å². The molecule has 0 aromatic rings. The third-order valence-electron chi connectivity index (χ3n) is 7.38. The summed E-state index contributed by atoms with van der Waals surface area (Å²) in [6.45, 7) is 13.3. The van der Waals surface area contributed by atoms with E-state index >= 15 is 0 Å². The van der Waals surface area contributed by atoms with Crippen LogP contribution in [0.3, 0.4) is 0 Å². The molecule has 3 heterocycles. The summed E-state index contributed by atoms with van der Waals surface area (Å²) in [6, 6.07) is 0. The van der Waals surface area contributed by atoms with Crippen LogP contribution in [-0.2, 0) is 14.2 Å². The highest BCUT2D eigenvalue weighted by Gasteiger charge is 2.48. The third-order valence-corrected chi connectivity index (χ3v) is 7.38. The Morgan fingerprint density at radius 2 is 1.75 bits per heavy atom. The lowest BCUT2D eigenvalue weighted by atomic mass is 9.75. The summed E-state index contributed by atoms with van der Waals surface area (Å²) in [6.07, 6.45) is 4.64. The molecule has 0 saturated carbocycles. The molecule has 0 aromatic carbocycles. The molecular formula is C23H40O5. The van der Waals surface area contributed by atoms with Gasteiger partial charge in [0.15, 0.2) is 0 Å². The minimum atomic E-state index is -0.579. The third kappa shape index (κ3) is 4.65. The molecule has 0 bridgehead atoms. The molecule has 0 aromatic heterocycles. The fourth-order valence-corrected chi connectivity index (χ4v) is 5.31. The van der Waals surface area contributed by atoms with Crippen LogP contribution in [0.5, 0.6) is 0 Å². The molecule has 10 atom stereocenters. The zero-order valence-electron chi connectivity index (χ0n) is 18.0. The van der Waals surface area contributed by atoms with Gasteiger partial charge in [-0.3, -0.25) is 0 Å². The van der Waals surface area contributed by atoms with E-state index in [1.165, 1.54) is 5.57 Å². The van der Waals surface area contributed by atoms with Crippen molar-refractivity contribution in [3.63, 3.8) is 0 Å². The van der Waals surface area contributed by atoms with E-state index in [-0.39, 0.29) is 37.1 Å². The summed E-state index contributed by atoms with van der Waals surface area (Å²) in [5.41, 5.74) is 1.20. The van der Waals surface area contributed by atoms with E-state index in [1.807, 2.05) is 0 Å². The summed E-state index contributed by atoms with van der Waals surface area (Å²) >= 11 is 0. The zero-order valence-corrected chi connectivity index (χ0v) is 18.0. The lowest BCUT2D eigenvalue weighted by Gasteiger charge is -2.51. The first-order valence-electron chi connectivity index (χ1n) is 11.3. The van der Waals surface area contributed by atoms with Crippen LogP contribution in [0.25, 0.3) is 0 Å². The van der Waals surface area contributed by atoms with Crippen LogP contribution in [0.1, 0.15) is 66.2 Å². The molecule has 3 rings (SSSR count). The summed E-state index contributed by atoms with van der Waals surface area (Å²) in [5.74, 6) is 1.15. The maximum atomic E-state index is 10.4. The van der Waals surface area contributed by atoms with Gasteiger partial charge in [-0.25, -0.2) is 0 Å². The van der Waals surface area contributed by atoms with E-state index in [4.69, 9.17) is 14.2 Å². The van der Waals surface area contributed by atoms with E-state index in [1.54, 1.807) is 0 Å². The van der Waals surface area contributed by atoms with Gasteiger partial charge in [0.1, 0.15) is 0 Å². The predicted molar refractivity (Wildman–Crippen MR) is 109 cm³/mol. The van der Waals surface area contributed by atoms with Crippen LogP contribution < -0.4 is 0 Å². The second-order valence-electron chi connectivity index (χ2n) is 9.37. The summed E-state index contributed by atoms with van der Waals surface area (Å²) in [4.78, 5) is 0. The minimum absolute atomic E-state index is 0.0200. The van der Waals surface area contributed by atoms with Crippen molar-refractivity contribution in [1.29, 1.82) is 0 Å². The average Bonchev–Trinajstić information content (AvgIpc) is 2.65. The predicted octanol–water partition coefficient (Wildman–Crippen LogP) is 3.47. The summed E-state index contributed by atoms with van der Waals surface area (Å²) in [7, 11) is 0. The molecule has 2 N–H and O–H groups in total. The van der Waals surface area contributed by atoms with Gasteiger partial charge >= 0.3 is 0 Å². The number of hydrogen-bond donors (Lipinski definition) is 2. The Morgan fingerprint density at radius 3 is 2.43 bits per heavy atom. The largest absolute Gasteiger partial charge is 0.396 e. The molecule has 3 fully saturated rings. The smallest absolute Gasteiger partial charge is 0.0871 e. The van der Waals surface area contributed by atoms with Crippen molar-refractivity contribution in [1.82, 2.24) is 0 Å². The molecule has 5 heteroatoms. The average molecular weight is 397 g/mol. The Balaban J connectivity index is 1.66. The van der Waals surface area contributed by atoms with Crippen molar-refractivity contribution >= 4 is 0 Å². The number of hydrogen-bond acceptors (Lipinski definition) is 5. The van der Waals surface area contributed by atoms with Crippen LogP contribution in [0, 0.1) is 17.8 Å². The first-order valence-corrected chi connectivity index (χ1v) is 11.3. The quantitative estimate of drug-likeness (QED) is 0.673. The van der Waals surface area contributed by atoms with Crippen molar-refractivity contribution in [2.45, 2.75) is 109 Å². The van der Waals surface area contributed by atoms with Gasteiger partial charge in [-0.1, -0.05) is 40.7 Å². The lowest BCUT2D eigenvalue weighted by molar-refractivity contribution is -0.256. The first kappa shape index (κ1) is 22.2. The van der Waals surface area contributed by atoms with Gasteiger partial charge in [0.05, 0.1) is 42.7 Å². The Morgan fingerprint density at radius 1 is 1.00 bits per heavy atom. The van der Waals surface area contributed by atoms with E-state index in [9.17, 15) is 10.2 Å². The number of fused-ring (bicyclic) bond motifs is 1. The van der Waals surface area contributed by atoms with Crippen molar-refractivity contribution < 1.29 is 24.4 Å². The maximum absolute atomic E-state index is 10.4. The first-order chi connectivity index (χ1) is 13.3. The van der Waals surface area contributed by atoms with Crippen molar-refractivity contribution in [3.05, 3.63) is 12.2 Å². The van der Waals surface area contributed by atoms with Crippen LogP contribution in [0.4, 0.5) is 0 Å². The molecular weight excluding hydrogens is 356 g/mol. The van der Waals surface area contributed by atoms with Crippen LogP contribution in [0.15, 0.2) is 12.2 Å². The van der Waals surface area contributed by atoms with E-state index < -0.39 is 6.10 Å². The fourth-order valence-electron chi connectivity index (χ4n) is 5.31. The summed E-state index contributed by atoms with van der Waals surface area (Å²) < 4.78 is 19.1. The Bertz CT molecular complexity index is 523. The molecule has 28 heavy (non-hydrogen) atoms. The molecule has 0 spiro atoms. The molecule has 2 unspecified atom stereocenters. The standard InChI is InChI=1S/C23H40O5/c1-6-7-17-10-13(2)14(3)20(26-17)12-21-15(4)16(5)23-22(27-21)11-18(25)19(28-23)8-9-24/h13,15-25H,3,6-12H2,1-2,4-5H3/t13?,15-,16?,17+,18-,19-,20-,21+,22+,23+/m1/s1. The van der Waals surface area contributed by atoms with Crippen LogP contribution in [-0.4, -0.2) is 59.5 Å². The van der Waals surface area contributed by atoms with E-state index in [2.05, 4.69) is 34.3 Å². The van der Waals surface area contributed by atoms with Crippen molar-refractivity contribution in [2.75, 3.05) is 6.61 Å². The lowest BCUT2D eigenvalue weighted by Crippen LogP contribution is -2.58. The second kappa shape index (κ2) is 9.57. The summed E-state index contributed by atoms with van der Waals surface area (Å²) in [5, 5.41) is 19.7. The Kier molecular flexibility index (Phi) is 7.60. The second-order valence-corrected chi connectivity index (χ2v) is 9.37. The zero-order chi connectivity index (χ0) is 20.4. The molecule has 0 amide bonds. The SMILES string of the molecule is C=C1C(C)C[C@H](CCC)O[C@@H]1C[C@@H]1O[C@H]2C[C@@H](O)[C@@H](CCO)O[C@H]2C(C)[C@H]1C. The molecule has 3 aliphatic rings. The normalized spacial score (nSPS) is 47.0. The number of ether oxygens (including phenoxy) is 3. The van der Waals surface area contributed by atoms with Gasteiger partial charge in [-0.2, -0.15) is 0 Å². The Labute approximate surface area is 170 Å². The molecule has 0 aliphatic carbocycles. The highest BCUT2D eigenvalue weighted by atomic mass is 16.6. The maximum Gasteiger partial charge on any atom is 0.0871 e. The minimum Gasteiger partial charge on any atom is -0.396 e. The van der Waals surface area contributed by atoms with Gasteiger partial charge in [0, 0.05) is 19.4 Å². The molecule has 3 saturated heterocycles. The van der Waals surface area contributed by atoms with Crippen molar-refractivity contribution in [2.24, 2.45) is 17.8 Å². The van der Waals surface area contributed by atoms with Gasteiger partial charge in [0.25, 0.3) is 0 Å². The van der Waals surface area contributed by atoms with Crippen LogP contribution in [0.2, 0.25) is 0 Å². The van der Waals surface area contributed by atoms with Gasteiger partial charge in [0.2, 0.25) is 0 Å². The van der Waals surface area contributed by atoms with Gasteiger partial charge < -0.3 is 24.4 Å². The highest BCUT2D eigenvalue weighted by molar-refractivity contribution is 5.11. The molecule has 5 nitrogen and oxygen atoms in total.